The van der Waals surface area contributed by atoms with Crippen LogP contribution in [0.3, 0.4) is 0 Å². The van der Waals surface area contributed by atoms with Crippen molar-refractivity contribution in [2.75, 3.05) is 40.4 Å². The lowest BCUT2D eigenvalue weighted by molar-refractivity contribution is 0.0592. The van der Waals surface area contributed by atoms with E-state index in [2.05, 4.69) is 50.3 Å². The molecule has 2 aliphatic rings. The third-order valence-electron chi connectivity index (χ3n) is 7.15. The number of H-pyrrole nitrogens is 1. The summed E-state index contributed by atoms with van der Waals surface area (Å²) in [6.45, 7) is 4.61. The SMILES string of the molecule is COC(=O)c1ccc(C=C2CN(Cc3ccc4cc[nH]c4c3)C2)c(Cl)c1.COC(=O)c1ccc(C=C2CNC2)c(Cl)c1. The third-order valence-corrected chi connectivity index (χ3v) is 7.80. The van der Waals surface area contributed by atoms with Gasteiger partial charge in [0.1, 0.15) is 0 Å². The molecule has 42 heavy (non-hydrogen) atoms. The van der Waals surface area contributed by atoms with Gasteiger partial charge < -0.3 is 19.8 Å². The fourth-order valence-electron chi connectivity index (χ4n) is 4.77. The van der Waals surface area contributed by atoms with E-state index in [0.717, 1.165) is 43.9 Å². The van der Waals surface area contributed by atoms with Crippen molar-refractivity contribution >= 4 is 58.2 Å². The van der Waals surface area contributed by atoms with E-state index in [-0.39, 0.29) is 11.9 Å². The van der Waals surface area contributed by atoms with Crippen LogP contribution in [0.25, 0.3) is 23.1 Å². The van der Waals surface area contributed by atoms with Crippen LogP contribution >= 0.6 is 23.2 Å². The predicted molar refractivity (Wildman–Crippen MR) is 168 cm³/mol. The van der Waals surface area contributed by atoms with Gasteiger partial charge in [0.05, 0.1) is 25.3 Å². The van der Waals surface area contributed by atoms with Crippen molar-refractivity contribution in [2.45, 2.75) is 6.54 Å². The van der Waals surface area contributed by atoms with Crippen LogP contribution in [0.2, 0.25) is 10.0 Å². The Morgan fingerprint density at radius 2 is 1.40 bits per heavy atom. The summed E-state index contributed by atoms with van der Waals surface area (Å²) in [6.07, 6.45) is 6.11. The number of carbonyl (C=O) groups is 2. The van der Waals surface area contributed by atoms with Crippen LogP contribution in [0.1, 0.15) is 37.4 Å². The lowest BCUT2D eigenvalue weighted by atomic mass is 10.0. The largest absolute Gasteiger partial charge is 0.465 e. The second-order valence-corrected chi connectivity index (χ2v) is 11.0. The zero-order chi connectivity index (χ0) is 29.6. The standard InChI is InChI=1S/C21H19ClN2O2.C12H12ClNO2/c1-26-21(25)18-5-4-17(19(22)10-18)8-15-12-24(13-15)11-14-2-3-16-6-7-23-20(16)9-14;1-16-12(15)10-3-2-9(11(13)5-10)4-8-6-14-7-8/h2-10,23H,11-13H2,1H3;2-5,14H,6-7H2,1H3. The molecule has 0 atom stereocenters. The molecule has 0 aliphatic carbocycles. The van der Waals surface area contributed by atoms with E-state index in [9.17, 15) is 9.59 Å². The van der Waals surface area contributed by atoms with Crippen molar-refractivity contribution in [3.05, 3.63) is 116 Å². The second kappa shape index (κ2) is 13.4. The van der Waals surface area contributed by atoms with Gasteiger partial charge in [-0.2, -0.15) is 0 Å². The van der Waals surface area contributed by atoms with Gasteiger partial charge in [-0.25, -0.2) is 9.59 Å². The average molecular weight is 605 g/mol. The zero-order valence-electron chi connectivity index (χ0n) is 23.4. The number of fused-ring (bicyclic) bond motifs is 1. The minimum Gasteiger partial charge on any atom is -0.465 e. The summed E-state index contributed by atoms with van der Waals surface area (Å²) in [7, 11) is 2.72. The molecular formula is C33H31Cl2N3O4. The van der Waals surface area contributed by atoms with Crippen LogP contribution < -0.4 is 5.32 Å². The van der Waals surface area contributed by atoms with E-state index >= 15 is 0 Å². The fraction of sp³-hybridized carbons (Fsp3) is 0.212. The number of hydrogen-bond donors (Lipinski definition) is 2. The Kier molecular flexibility index (Phi) is 9.45. The molecule has 2 aliphatic heterocycles. The van der Waals surface area contributed by atoms with Gasteiger partial charge in [0.25, 0.3) is 0 Å². The molecule has 2 saturated heterocycles. The van der Waals surface area contributed by atoms with E-state index in [1.54, 1.807) is 24.3 Å². The Morgan fingerprint density at radius 3 is 1.93 bits per heavy atom. The van der Waals surface area contributed by atoms with Crippen molar-refractivity contribution in [1.29, 1.82) is 0 Å². The number of hydrogen-bond acceptors (Lipinski definition) is 6. The number of esters is 2. The Morgan fingerprint density at radius 1 is 0.810 bits per heavy atom. The highest BCUT2D eigenvalue weighted by Gasteiger charge is 2.20. The highest BCUT2D eigenvalue weighted by Crippen LogP contribution is 2.26. The fourth-order valence-corrected chi connectivity index (χ4v) is 5.24. The number of aromatic amines is 1. The summed E-state index contributed by atoms with van der Waals surface area (Å²) in [4.78, 5) is 28.4. The first-order valence-electron chi connectivity index (χ1n) is 13.5. The molecule has 4 aromatic rings. The van der Waals surface area contributed by atoms with Crippen molar-refractivity contribution in [3.63, 3.8) is 0 Å². The molecule has 3 aromatic carbocycles. The number of benzene rings is 3. The molecule has 3 heterocycles. The molecular weight excluding hydrogens is 573 g/mol. The van der Waals surface area contributed by atoms with Gasteiger partial charge in [-0.15, -0.1) is 0 Å². The number of rotatable bonds is 6. The first-order valence-corrected chi connectivity index (χ1v) is 14.2. The van der Waals surface area contributed by atoms with E-state index in [0.29, 0.717) is 21.2 Å². The molecule has 0 spiro atoms. The Hall–Kier alpha value is -3.88. The van der Waals surface area contributed by atoms with Crippen LogP contribution in [-0.2, 0) is 16.0 Å². The summed E-state index contributed by atoms with van der Waals surface area (Å²) in [5, 5.41) is 5.53. The second-order valence-electron chi connectivity index (χ2n) is 10.2. The Labute approximate surface area is 254 Å². The van der Waals surface area contributed by atoms with Gasteiger partial charge in [0.2, 0.25) is 0 Å². The first-order chi connectivity index (χ1) is 20.3. The minimum atomic E-state index is -0.375. The molecule has 9 heteroatoms. The number of aromatic nitrogens is 1. The molecule has 0 amide bonds. The molecule has 2 fully saturated rings. The highest BCUT2D eigenvalue weighted by atomic mass is 35.5. The number of nitrogens with one attached hydrogen (secondary N) is 2. The monoisotopic (exact) mass is 603 g/mol. The van der Waals surface area contributed by atoms with Crippen LogP contribution in [0.4, 0.5) is 0 Å². The minimum absolute atomic E-state index is 0.369. The smallest absolute Gasteiger partial charge is 0.337 e. The first kappa shape index (κ1) is 29.6. The van der Waals surface area contributed by atoms with E-state index in [4.69, 9.17) is 27.9 Å². The average Bonchev–Trinajstić information content (AvgIpc) is 3.42. The van der Waals surface area contributed by atoms with Crippen molar-refractivity contribution < 1.29 is 19.1 Å². The maximum Gasteiger partial charge on any atom is 0.337 e. The number of nitrogens with zero attached hydrogens (tertiary/aromatic N) is 1. The highest BCUT2D eigenvalue weighted by molar-refractivity contribution is 6.32. The number of carbonyl (C=O) groups excluding carboxylic acids is 2. The van der Waals surface area contributed by atoms with Gasteiger partial charge in [-0.1, -0.05) is 59.6 Å². The van der Waals surface area contributed by atoms with Crippen LogP contribution in [-0.4, -0.2) is 62.2 Å². The van der Waals surface area contributed by atoms with Gasteiger partial charge in [-0.05, 0) is 69.6 Å². The topological polar surface area (TPSA) is 83.7 Å². The van der Waals surface area contributed by atoms with Crippen molar-refractivity contribution in [2.24, 2.45) is 0 Å². The summed E-state index contributed by atoms with van der Waals surface area (Å²) in [5.41, 5.74) is 7.94. The summed E-state index contributed by atoms with van der Waals surface area (Å²) < 4.78 is 9.34. The predicted octanol–water partition coefficient (Wildman–Crippen LogP) is 6.62. The van der Waals surface area contributed by atoms with Crippen LogP contribution in [0.5, 0.6) is 0 Å². The van der Waals surface area contributed by atoms with Gasteiger partial charge in [0.15, 0.2) is 0 Å². The molecule has 1 aromatic heterocycles. The number of ether oxygens (including phenoxy) is 2. The molecule has 7 nitrogen and oxygen atoms in total. The molecule has 6 rings (SSSR count). The van der Waals surface area contributed by atoms with Gasteiger partial charge in [-0.3, -0.25) is 4.90 Å². The molecule has 216 valence electrons. The molecule has 0 unspecified atom stereocenters. The summed E-state index contributed by atoms with van der Waals surface area (Å²) in [6, 6.07) is 19.1. The maximum absolute atomic E-state index is 11.5. The molecule has 0 bridgehead atoms. The van der Waals surface area contributed by atoms with E-state index in [1.165, 1.54) is 41.8 Å². The van der Waals surface area contributed by atoms with Gasteiger partial charge in [0, 0.05) is 54.5 Å². The summed E-state index contributed by atoms with van der Waals surface area (Å²) in [5.74, 6) is -0.744. The van der Waals surface area contributed by atoms with Crippen molar-refractivity contribution in [3.8, 4) is 0 Å². The Balaban J connectivity index is 0.000000189. The lowest BCUT2D eigenvalue weighted by Gasteiger charge is -2.34. The Bertz CT molecular complexity index is 1680. The van der Waals surface area contributed by atoms with E-state index in [1.807, 2.05) is 24.4 Å². The zero-order valence-corrected chi connectivity index (χ0v) is 24.9. The van der Waals surface area contributed by atoms with E-state index < -0.39 is 0 Å². The third kappa shape index (κ3) is 7.12. The van der Waals surface area contributed by atoms with Gasteiger partial charge >= 0.3 is 11.9 Å². The molecule has 0 saturated carbocycles. The molecule has 2 N–H and O–H groups in total. The number of methoxy groups -OCH3 is 2. The number of halogens is 2. The van der Waals surface area contributed by atoms with Crippen LogP contribution in [0.15, 0.2) is 78.0 Å². The van der Waals surface area contributed by atoms with Crippen molar-refractivity contribution in [1.82, 2.24) is 15.2 Å². The summed E-state index contributed by atoms with van der Waals surface area (Å²) >= 11 is 12.4. The molecule has 0 radical (unpaired) electrons. The normalized spacial score (nSPS) is 14.3. The lowest BCUT2D eigenvalue weighted by Crippen LogP contribution is -2.39. The maximum atomic E-state index is 11.5. The van der Waals surface area contributed by atoms with Crippen LogP contribution in [0, 0.1) is 0 Å². The number of likely N-dealkylation sites (tertiary alicyclic amines) is 1. The quantitative estimate of drug-likeness (QED) is 0.241.